The molecule has 0 aromatic heterocycles. The number of benzene rings is 3. The molecule has 0 spiro atoms. The van der Waals surface area contributed by atoms with Gasteiger partial charge in [-0.05, 0) is 63.4 Å². The molecule has 1 N–H and O–H groups in total. The number of ether oxygens (including phenoxy) is 1. The molecule has 0 heterocycles. The van der Waals surface area contributed by atoms with Crippen LogP contribution in [-0.2, 0) is 21.4 Å². The van der Waals surface area contributed by atoms with Crippen LogP contribution in [-0.4, -0.2) is 31.8 Å². The fraction of sp³-hybridized carbons (Fsp3) is 0.296. The van der Waals surface area contributed by atoms with Gasteiger partial charge in [0.1, 0.15) is 5.75 Å². The zero-order valence-electron chi connectivity index (χ0n) is 20.4. The number of nitrogens with zero attached hydrogens (tertiary/aromatic N) is 1. The lowest BCUT2D eigenvalue weighted by molar-refractivity contribution is -0.116. The number of amides is 1. The minimum absolute atomic E-state index is 0.0793. The molecule has 0 unspecified atom stereocenters. The maximum atomic E-state index is 13.8. The van der Waals surface area contributed by atoms with E-state index in [2.05, 4.69) is 5.32 Å². The first-order valence-corrected chi connectivity index (χ1v) is 12.7. The van der Waals surface area contributed by atoms with Gasteiger partial charge in [0.05, 0.1) is 23.7 Å². The largest absolute Gasteiger partial charge is 0.492 e. The van der Waals surface area contributed by atoms with Crippen molar-refractivity contribution in [1.82, 2.24) is 4.31 Å². The summed E-state index contributed by atoms with van der Waals surface area (Å²) in [5.41, 5.74) is 4.70. The second kappa shape index (κ2) is 10.8. The number of carbonyl (C=O) groups excluding carboxylic acids is 1. The van der Waals surface area contributed by atoms with Crippen LogP contribution >= 0.6 is 0 Å². The molecule has 7 heteroatoms. The molecule has 0 fully saturated rings. The zero-order valence-corrected chi connectivity index (χ0v) is 21.2. The highest BCUT2D eigenvalue weighted by Crippen LogP contribution is 2.27. The zero-order chi connectivity index (χ0) is 24.9. The topological polar surface area (TPSA) is 75.7 Å². The molecule has 180 valence electrons. The fourth-order valence-corrected chi connectivity index (χ4v) is 5.82. The molecule has 0 saturated heterocycles. The van der Waals surface area contributed by atoms with Gasteiger partial charge in [0, 0.05) is 6.54 Å². The van der Waals surface area contributed by atoms with E-state index < -0.39 is 15.9 Å². The molecular formula is C27H32N2O4S. The molecule has 0 saturated carbocycles. The number of anilines is 1. The van der Waals surface area contributed by atoms with Crippen molar-refractivity contribution in [2.75, 3.05) is 18.5 Å². The summed E-state index contributed by atoms with van der Waals surface area (Å²) in [4.78, 5) is 13.3. The van der Waals surface area contributed by atoms with Crippen molar-refractivity contribution in [1.29, 1.82) is 0 Å². The van der Waals surface area contributed by atoms with Crippen molar-refractivity contribution in [3.63, 3.8) is 0 Å². The maximum absolute atomic E-state index is 13.8. The molecule has 1 amide bonds. The summed E-state index contributed by atoms with van der Waals surface area (Å²) in [6, 6.07) is 18.4. The van der Waals surface area contributed by atoms with Crippen LogP contribution in [0.2, 0.25) is 0 Å². The van der Waals surface area contributed by atoms with Crippen LogP contribution in [0.25, 0.3) is 0 Å². The van der Waals surface area contributed by atoms with Crippen molar-refractivity contribution in [3.8, 4) is 5.75 Å². The molecule has 0 aliphatic carbocycles. The third kappa shape index (κ3) is 6.04. The summed E-state index contributed by atoms with van der Waals surface area (Å²) in [5, 5.41) is 2.81. The van der Waals surface area contributed by atoms with Crippen LogP contribution in [0.1, 0.15) is 34.7 Å². The summed E-state index contributed by atoms with van der Waals surface area (Å²) in [7, 11) is -3.95. The van der Waals surface area contributed by atoms with Gasteiger partial charge < -0.3 is 10.1 Å². The fourth-order valence-electron chi connectivity index (χ4n) is 4.03. The molecule has 3 rings (SSSR count). The van der Waals surface area contributed by atoms with Crippen LogP contribution in [0, 0.1) is 27.7 Å². The number of sulfonamides is 1. The highest BCUT2D eigenvalue weighted by molar-refractivity contribution is 7.89. The Labute approximate surface area is 202 Å². The first-order valence-electron chi connectivity index (χ1n) is 11.3. The van der Waals surface area contributed by atoms with Gasteiger partial charge in [0.15, 0.2) is 0 Å². The van der Waals surface area contributed by atoms with E-state index >= 15 is 0 Å². The summed E-state index contributed by atoms with van der Waals surface area (Å²) >= 11 is 0. The van der Waals surface area contributed by atoms with Crippen molar-refractivity contribution >= 4 is 21.6 Å². The quantitative estimate of drug-likeness (QED) is 0.460. The van der Waals surface area contributed by atoms with Crippen LogP contribution in [0.3, 0.4) is 0 Å². The van der Waals surface area contributed by atoms with Gasteiger partial charge >= 0.3 is 0 Å². The predicted molar refractivity (Wildman–Crippen MR) is 136 cm³/mol. The van der Waals surface area contributed by atoms with Gasteiger partial charge in [-0.2, -0.15) is 4.31 Å². The first kappa shape index (κ1) is 25.5. The molecule has 6 nitrogen and oxygen atoms in total. The molecule has 0 aliphatic heterocycles. The van der Waals surface area contributed by atoms with Crippen molar-refractivity contribution in [3.05, 3.63) is 88.5 Å². The Kier molecular flexibility index (Phi) is 8.12. The lowest BCUT2D eigenvalue weighted by Gasteiger charge is -2.24. The minimum atomic E-state index is -3.95. The molecule has 3 aromatic rings. The SMILES string of the molecule is CCOc1ccccc1NC(=O)CN(Cc1ccc(C)cc1)S(=O)(=O)c1c(C)cc(C)cc1C. The highest BCUT2D eigenvalue weighted by Gasteiger charge is 2.30. The summed E-state index contributed by atoms with van der Waals surface area (Å²) < 4.78 is 34.5. The normalized spacial score (nSPS) is 11.5. The third-order valence-electron chi connectivity index (χ3n) is 5.46. The second-order valence-electron chi connectivity index (χ2n) is 8.46. The van der Waals surface area contributed by atoms with Crippen molar-refractivity contribution in [2.45, 2.75) is 46.1 Å². The van der Waals surface area contributed by atoms with Gasteiger partial charge in [-0.25, -0.2) is 8.42 Å². The molecule has 34 heavy (non-hydrogen) atoms. The Morgan fingerprint density at radius 1 is 0.912 bits per heavy atom. The Bertz CT molecular complexity index is 1250. The Morgan fingerprint density at radius 3 is 2.15 bits per heavy atom. The number of nitrogens with one attached hydrogen (secondary N) is 1. The molecule has 0 radical (unpaired) electrons. The second-order valence-corrected chi connectivity index (χ2v) is 10.3. The standard InChI is InChI=1S/C27H32N2O4S/c1-6-33-25-10-8-7-9-24(25)28-26(30)18-29(17-23-13-11-19(2)12-14-23)34(31,32)27-21(4)15-20(3)16-22(27)5/h7-16H,6,17-18H2,1-5H3,(H,28,30). The van der Waals surface area contributed by atoms with Crippen molar-refractivity contribution in [2.24, 2.45) is 0 Å². The van der Waals surface area contributed by atoms with Gasteiger partial charge in [-0.3, -0.25) is 4.79 Å². The summed E-state index contributed by atoms with van der Waals surface area (Å²) in [5.74, 6) is 0.0989. The Hall–Kier alpha value is -3.16. The van der Waals surface area contributed by atoms with Gasteiger partial charge in [0.25, 0.3) is 0 Å². The minimum Gasteiger partial charge on any atom is -0.492 e. The highest BCUT2D eigenvalue weighted by atomic mass is 32.2. The number of carbonyl (C=O) groups is 1. The van der Waals surface area contributed by atoms with E-state index in [0.717, 1.165) is 16.7 Å². The maximum Gasteiger partial charge on any atom is 0.244 e. The number of hydrogen-bond acceptors (Lipinski definition) is 4. The van der Waals surface area contributed by atoms with Gasteiger partial charge in [-0.15, -0.1) is 0 Å². The predicted octanol–water partition coefficient (Wildman–Crippen LogP) is 5.15. The van der Waals surface area contributed by atoms with Gasteiger partial charge in [-0.1, -0.05) is 59.7 Å². The van der Waals surface area contributed by atoms with E-state index in [1.54, 1.807) is 32.0 Å². The summed E-state index contributed by atoms with van der Waals surface area (Å²) in [6.45, 7) is 9.54. The molecular weight excluding hydrogens is 448 g/mol. The monoisotopic (exact) mass is 480 g/mol. The Balaban J connectivity index is 1.96. The van der Waals surface area contributed by atoms with E-state index in [9.17, 15) is 13.2 Å². The van der Waals surface area contributed by atoms with Crippen LogP contribution in [0.4, 0.5) is 5.69 Å². The number of aryl methyl sites for hydroxylation is 4. The van der Waals surface area contributed by atoms with E-state index in [1.165, 1.54) is 4.31 Å². The molecule has 0 aliphatic rings. The average Bonchev–Trinajstić information content (AvgIpc) is 2.75. The lowest BCUT2D eigenvalue weighted by Crippen LogP contribution is -2.38. The van der Waals surface area contributed by atoms with Crippen LogP contribution in [0.15, 0.2) is 65.6 Å². The lowest BCUT2D eigenvalue weighted by atomic mass is 10.1. The number of rotatable bonds is 9. The van der Waals surface area contributed by atoms with Gasteiger partial charge in [0.2, 0.25) is 15.9 Å². The van der Waals surface area contributed by atoms with Crippen LogP contribution in [0.5, 0.6) is 5.75 Å². The molecule has 3 aromatic carbocycles. The molecule has 0 bridgehead atoms. The average molecular weight is 481 g/mol. The van der Waals surface area contributed by atoms with Crippen LogP contribution < -0.4 is 10.1 Å². The van der Waals surface area contributed by atoms with E-state index in [-0.39, 0.29) is 18.0 Å². The third-order valence-corrected chi connectivity index (χ3v) is 7.56. The van der Waals surface area contributed by atoms with E-state index in [0.29, 0.717) is 29.2 Å². The molecule has 0 atom stereocenters. The summed E-state index contributed by atoms with van der Waals surface area (Å²) in [6.07, 6.45) is 0. The smallest absolute Gasteiger partial charge is 0.244 e. The Morgan fingerprint density at radius 2 is 1.53 bits per heavy atom. The van der Waals surface area contributed by atoms with E-state index in [1.807, 2.05) is 63.2 Å². The first-order chi connectivity index (χ1) is 16.1. The number of para-hydroxylation sites is 2. The van der Waals surface area contributed by atoms with E-state index in [4.69, 9.17) is 4.74 Å². The number of hydrogen-bond donors (Lipinski definition) is 1. The van der Waals surface area contributed by atoms with Crippen molar-refractivity contribution < 1.29 is 17.9 Å².